The Labute approximate surface area is 375 Å². The van der Waals surface area contributed by atoms with Gasteiger partial charge in [0, 0.05) is 49.4 Å². The molecule has 0 saturated carbocycles. The smallest absolute Gasteiger partial charge is 0.143 e. The number of hydrogen-bond acceptors (Lipinski definition) is 3. The maximum atomic E-state index is 6.67. The fraction of sp³-hybridized carbons (Fsp3) is 0. The number of nitrogens with zero attached hydrogens (tertiary/aromatic N) is 1. The van der Waals surface area contributed by atoms with Crippen molar-refractivity contribution in [3.05, 3.63) is 237 Å². The first-order valence-electron chi connectivity index (χ1n) is 22.2. The number of fused-ring (bicyclic) bond motifs is 9. The molecule has 0 aliphatic heterocycles. The molecule has 0 bridgehead atoms. The van der Waals surface area contributed by atoms with Crippen molar-refractivity contribution in [1.82, 2.24) is 0 Å². The summed E-state index contributed by atoms with van der Waals surface area (Å²) in [6, 6.07) is 84.8. The van der Waals surface area contributed by atoms with Crippen molar-refractivity contribution >= 4 is 82.5 Å². The minimum atomic E-state index is 0.875. The molecule has 0 amide bonds. The van der Waals surface area contributed by atoms with Gasteiger partial charge in [0.25, 0.3) is 0 Å². The molecule has 2 aromatic heterocycles. The molecule has 0 fully saturated rings. The third-order valence-electron chi connectivity index (χ3n) is 13.1. The molecule has 65 heavy (non-hydrogen) atoms. The number of rotatable bonds is 7. The lowest BCUT2D eigenvalue weighted by Gasteiger charge is -2.29. The van der Waals surface area contributed by atoms with E-state index in [4.69, 9.17) is 8.83 Å². The van der Waals surface area contributed by atoms with Crippen molar-refractivity contribution in [2.75, 3.05) is 4.90 Å². The van der Waals surface area contributed by atoms with Gasteiger partial charge in [0.15, 0.2) is 0 Å². The van der Waals surface area contributed by atoms with Gasteiger partial charge in [-0.3, -0.25) is 0 Å². The summed E-state index contributed by atoms with van der Waals surface area (Å²) >= 11 is 0. The van der Waals surface area contributed by atoms with Crippen LogP contribution in [0, 0.1) is 0 Å². The molecule has 0 aliphatic carbocycles. The van der Waals surface area contributed by atoms with E-state index in [-0.39, 0.29) is 0 Å². The van der Waals surface area contributed by atoms with E-state index in [9.17, 15) is 0 Å². The van der Waals surface area contributed by atoms with Crippen LogP contribution < -0.4 is 4.90 Å². The molecule has 0 spiro atoms. The van der Waals surface area contributed by atoms with Gasteiger partial charge in [-0.15, -0.1) is 0 Å². The highest BCUT2D eigenvalue weighted by molar-refractivity contribution is 6.19. The normalized spacial score (nSPS) is 11.7. The molecule has 13 aromatic rings. The topological polar surface area (TPSA) is 29.5 Å². The van der Waals surface area contributed by atoms with Crippen molar-refractivity contribution in [1.29, 1.82) is 0 Å². The Balaban J connectivity index is 1.03. The fourth-order valence-electron chi connectivity index (χ4n) is 10.0. The molecular formula is C62H39NO2. The Morgan fingerprint density at radius 3 is 1.74 bits per heavy atom. The minimum absolute atomic E-state index is 0.875. The fourth-order valence-corrected chi connectivity index (χ4v) is 10.0. The summed E-state index contributed by atoms with van der Waals surface area (Å²) in [5, 5.41) is 9.19. The largest absolute Gasteiger partial charge is 0.455 e. The Morgan fingerprint density at radius 2 is 0.862 bits per heavy atom. The first-order valence-corrected chi connectivity index (χ1v) is 22.2. The van der Waals surface area contributed by atoms with Gasteiger partial charge < -0.3 is 13.7 Å². The van der Waals surface area contributed by atoms with Crippen molar-refractivity contribution < 1.29 is 8.83 Å². The second kappa shape index (κ2) is 15.0. The summed E-state index contributed by atoms with van der Waals surface area (Å²) in [4.78, 5) is 2.42. The Morgan fingerprint density at radius 1 is 0.277 bits per heavy atom. The van der Waals surface area contributed by atoms with Gasteiger partial charge in [-0.2, -0.15) is 0 Å². The molecule has 3 nitrogen and oxygen atoms in total. The van der Waals surface area contributed by atoms with E-state index in [1.165, 1.54) is 21.7 Å². The van der Waals surface area contributed by atoms with Crippen LogP contribution in [0.3, 0.4) is 0 Å². The van der Waals surface area contributed by atoms with Crippen molar-refractivity contribution in [3.8, 4) is 44.5 Å². The van der Waals surface area contributed by atoms with Gasteiger partial charge in [0.1, 0.15) is 22.3 Å². The lowest BCUT2D eigenvalue weighted by Crippen LogP contribution is -2.11. The summed E-state index contributed by atoms with van der Waals surface area (Å²) in [5.74, 6) is 0. The number of hydrogen-bond donors (Lipinski definition) is 0. The average molecular weight is 830 g/mol. The minimum Gasteiger partial charge on any atom is -0.455 e. The molecule has 0 N–H and O–H groups in total. The maximum absolute atomic E-state index is 6.67. The van der Waals surface area contributed by atoms with Crippen LogP contribution in [0.25, 0.3) is 110 Å². The highest BCUT2D eigenvalue weighted by atomic mass is 16.3. The molecular weight excluding hydrogens is 791 g/mol. The third-order valence-corrected chi connectivity index (χ3v) is 13.1. The van der Waals surface area contributed by atoms with E-state index in [1.807, 2.05) is 12.1 Å². The highest BCUT2D eigenvalue weighted by Crippen LogP contribution is 2.47. The van der Waals surface area contributed by atoms with E-state index >= 15 is 0 Å². The van der Waals surface area contributed by atoms with Gasteiger partial charge in [-0.25, -0.2) is 0 Å². The van der Waals surface area contributed by atoms with E-state index < -0.39 is 0 Å². The Bertz CT molecular complexity index is 3950. The Hall–Kier alpha value is -8.66. The molecule has 0 aliphatic rings. The second-order valence-electron chi connectivity index (χ2n) is 16.8. The monoisotopic (exact) mass is 829 g/mol. The SMILES string of the molecule is c1ccc(-c2ccc(-c3cccc4ccccc34)cc2N(c2ccc(-c3cccc4c3oc3ccccc34)cc2)c2cccc(-c3cccc4oc5c6ccccc6ccc5c34)c2)cc1. The highest BCUT2D eigenvalue weighted by Gasteiger charge is 2.22. The maximum Gasteiger partial charge on any atom is 0.143 e. The van der Waals surface area contributed by atoms with Crippen LogP contribution in [0.4, 0.5) is 17.1 Å². The summed E-state index contributed by atoms with van der Waals surface area (Å²) in [5.41, 5.74) is 15.7. The predicted molar refractivity (Wildman–Crippen MR) is 272 cm³/mol. The number of anilines is 3. The Kier molecular flexibility index (Phi) is 8.53. The first-order chi connectivity index (χ1) is 32.2. The van der Waals surface area contributed by atoms with Crippen LogP contribution >= 0.6 is 0 Å². The van der Waals surface area contributed by atoms with Crippen molar-refractivity contribution in [2.45, 2.75) is 0 Å². The number of furan rings is 2. The van der Waals surface area contributed by atoms with E-state index in [0.717, 1.165) is 105 Å². The predicted octanol–water partition coefficient (Wildman–Crippen LogP) is 17.9. The zero-order chi connectivity index (χ0) is 42.8. The quantitative estimate of drug-likeness (QED) is 0.160. The van der Waals surface area contributed by atoms with Gasteiger partial charge in [-0.1, -0.05) is 188 Å². The van der Waals surface area contributed by atoms with Crippen LogP contribution in [0.1, 0.15) is 0 Å². The summed E-state index contributed by atoms with van der Waals surface area (Å²) in [6.45, 7) is 0. The molecule has 0 atom stereocenters. The number of benzene rings is 11. The van der Waals surface area contributed by atoms with Crippen molar-refractivity contribution in [2.24, 2.45) is 0 Å². The standard InChI is InChI=1S/C62H39NO2/c1-2-14-41(15-3-1)50-36-33-45(49-24-11-18-40-16-4-6-21-48(40)49)39-57(50)63(46-34-30-43(31-35-46)53-26-12-27-55-54-23-8-9-28-58(54)64-61(53)55)47-20-10-19-44(38-47)51-25-13-29-59-60(51)56-37-32-42-17-5-7-22-52(42)62(56)65-59/h1-39H. The summed E-state index contributed by atoms with van der Waals surface area (Å²) < 4.78 is 13.2. The molecule has 0 unspecified atom stereocenters. The summed E-state index contributed by atoms with van der Waals surface area (Å²) in [6.07, 6.45) is 0. The third kappa shape index (κ3) is 6.12. The zero-order valence-electron chi connectivity index (χ0n) is 35.3. The van der Waals surface area contributed by atoms with Crippen LogP contribution in [-0.2, 0) is 0 Å². The van der Waals surface area contributed by atoms with Gasteiger partial charge >= 0.3 is 0 Å². The zero-order valence-corrected chi connectivity index (χ0v) is 35.3. The lowest BCUT2D eigenvalue weighted by molar-refractivity contribution is 0.670. The van der Waals surface area contributed by atoms with E-state index in [0.29, 0.717) is 0 Å². The molecule has 2 heterocycles. The molecule has 3 heteroatoms. The van der Waals surface area contributed by atoms with Gasteiger partial charge in [-0.05, 0) is 98.1 Å². The second-order valence-corrected chi connectivity index (χ2v) is 16.8. The van der Waals surface area contributed by atoms with Gasteiger partial charge in [0.05, 0.1) is 5.69 Å². The van der Waals surface area contributed by atoms with Crippen LogP contribution in [-0.4, -0.2) is 0 Å². The molecule has 13 rings (SSSR count). The molecule has 11 aromatic carbocycles. The summed E-state index contributed by atoms with van der Waals surface area (Å²) in [7, 11) is 0. The van der Waals surface area contributed by atoms with Gasteiger partial charge in [0.2, 0.25) is 0 Å². The van der Waals surface area contributed by atoms with Crippen molar-refractivity contribution in [3.63, 3.8) is 0 Å². The van der Waals surface area contributed by atoms with E-state index in [1.54, 1.807) is 0 Å². The molecule has 0 radical (unpaired) electrons. The molecule has 304 valence electrons. The lowest BCUT2D eigenvalue weighted by atomic mass is 9.93. The van der Waals surface area contributed by atoms with Crippen LogP contribution in [0.5, 0.6) is 0 Å². The first kappa shape index (κ1) is 36.9. The average Bonchev–Trinajstić information content (AvgIpc) is 3.96. The number of para-hydroxylation sites is 2. The van der Waals surface area contributed by atoms with Crippen LogP contribution in [0.15, 0.2) is 245 Å². The van der Waals surface area contributed by atoms with Crippen LogP contribution in [0.2, 0.25) is 0 Å². The molecule has 0 saturated heterocycles. The van der Waals surface area contributed by atoms with E-state index in [2.05, 4.69) is 229 Å².